The molecule has 2 rings (SSSR count). The maximum Gasteiger partial charge on any atom is 0.148 e. The van der Waals surface area contributed by atoms with Gasteiger partial charge in [0.05, 0.1) is 0 Å². The molecule has 6 heteroatoms. The van der Waals surface area contributed by atoms with Crippen molar-refractivity contribution in [2.24, 2.45) is 5.84 Å². The monoisotopic (exact) mass is 261 g/mol. The highest BCUT2D eigenvalue weighted by atomic mass is 19.1. The van der Waals surface area contributed by atoms with Crippen LogP contribution in [0.2, 0.25) is 0 Å². The predicted molar refractivity (Wildman–Crippen MR) is 72.9 cm³/mol. The maximum atomic E-state index is 12.8. The van der Waals surface area contributed by atoms with E-state index in [0.717, 1.165) is 23.4 Å². The molecule has 1 heterocycles. The van der Waals surface area contributed by atoms with Gasteiger partial charge in [-0.3, -0.25) is 0 Å². The number of nitrogen functional groups attached to an aromatic ring is 1. The molecule has 0 aliphatic carbocycles. The van der Waals surface area contributed by atoms with Crippen LogP contribution in [0.3, 0.4) is 0 Å². The van der Waals surface area contributed by atoms with Crippen LogP contribution >= 0.6 is 0 Å². The number of aromatic nitrogens is 2. The fourth-order valence-electron chi connectivity index (χ4n) is 1.81. The van der Waals surface area contributed by atoms with Gasteiger partial charge in [0.25, 0.3) is 0 Å². The average Bonchev–Trinajstić information content (AvgIpc) is 2.46. The number of rotatable bonds is 5. The molecular weight excluding hydrogens is 245 g/mol. The molecule has 4 N–H and O–H groups in total. The van der Waals surface area contributed by atoms with E-state index in [9.17, 15) is 4.39 Å². The normalized spacial score (nSPS) is 10.3. The van der Waals surface area contributed by atoms with Gasteiger partial charge in [0.15, 0.2) is 0 Å². The summed E-state index contributed by atoms with van der Waals surface area (Å²) in [6.45, 7) is 2.57. The SMILES string of the molecule is CCc1c(NN)ncnc1NCc1ccc(F)cc1. The largest absolute Gasteiger partial charge is 0.366 e. The van der Waals surface area contributed by atoms with Gasteiger partial charge in [-0.05, 0) is 24.1 Å². The molecule has 0 unspecified atom stereocenters. The van der Waals surface area contributed by atoms with Crippen molar-refractivity contribution in [3.63, 3.8) is 0 Å². The molecular formula is C13H16FN5. The molecule has 1 aromatic heterocycles. The lowest BCUT2D eigenvalue weighted by Gasteiger charge is -2.12. The van der Waals surface area contributed by atoms with Gasteiger partial charge in [0.1, 0.15) is 23.8 Å². The number of halogens is 1. The highest BCUT2D eigenvalue weighted by molar-refractivity contribution is 5.56. The van der Waals surface area contributed by atoms with Gasteiger partial charge in [-0.1, -0.05) is 19.1 Å². The van der Waals surface area contributed by atoms with E-state index in [2.05, 4.69) is 20.7 Å². The van der Waals surface area contributed by atoms with Crippen molar-refractivity contribution in [3.8, 4) is 0 Å². The minimum Gasteiger partial charge on any atom is -0.366 e. The first-order valence-electron chi connectivity index (χ1n) is 6.03. The Labute approximate surface area is 111 Å². The standard InChI is InChI=1S/C13H16FN5/c1-2-11-12(17-8-18-13(11)19-15)16-7-9-3-5-10(14)6-4-9/h3-6,8H,2,7,15H2,1H3,(H2,16,17,18,19). The summed E-state index contributed by atoms with van der Waals surface area (Å²) >= 11 is 0. The van der Waals surface area contributed by atoms with Crippen LogP contribution in [0.4, 0.5) is 16.0 Å². The van der Waals surface area contributed by atoms with Crippen molar-refractivity contribution in [2.75, 3.05) is 10.7 Å². The van der Waals surface area contributed by atoms with Crippen LogP contribution < -0.4 is 16.6 Å². The van der Waals surface area contributed by atoms with Crippen molar-refractivity contribution in [1.29, 1.82) is 0 Å². The zero-order valence-electron chi connectivity index (χ0n) is 10.7. The Balaban J connectivity index is 2.13. The molecule has 0 fully saturated rings. The van der Waals surface area contributed by atoms with E-state index in [1.807, 2.05) is 6.92 Å². The minimum absolute atomic E-state index is 0.241. The first kappa shape index (κ1) is 13.2. The lowest BCUT2D eigenvalue weighted by molar-refractivity contribution is 0.627. The number of hydrogen-bond donors (Lipinski definition) is 3. The van der Waals surface area contributed by atoms with Gasteiger partial charge < -0.3 is 10.7 Å². The van der Waals surface area contributed by atoms with E-state index < -0.39 is 0 Å². The first-order chi connectivity index (χ1) is 9.24. The van der Waals surface area contributed by atoms with Crippen molar-refractivity contribution in [2.45, 2.75) is 19.9 Å². The van der Waals surface area contributed by atoms with Crippen molar-refractivity contribution >= 4 is 11.6 Å². The fraction of sp³-hybridized carbons (Fsp3) is 0.231. The summed E-state index contributed by atoms with van der Waals surface area (Å²) in [6.07, 6.45) is 2.20. The van der Waals surface area contributed by atoms with Crippen molar-refractivity contribution < 1.29 is 4.39 Å². The summed E-state index contributed by atoms with van der Waals surface area (Å²) in [4.78, 5) is 8.26. The number of benzene rings is 1. The van der Waals surface area contributed by atoms with E-state index in [4.69, 9.17) is 5.84 Å². The molecule has 0 amide bonds. The van der Waals surface area contributed by atoms with Gasteiger partial charge >= 0.3 is 0 Å². The Kier molecular flexibility index (Phi) is 4.25. The highest BCUT2D eigenvalue weighted by Gasteiger charge is 2.08. The number of anilines is 2. The molecule has 5 nitrogen and oxygen atoms in total. The van der Waals surface area contributed by atoms with Gasteiger partial charge in [-0.2, -0.15) is 0 Å². The minimum atomic E-state index is -0.241. The Morgan fingerprint density at radius 2 is 1.84 bits per heavy atom. The number of hydrazine groups is 1. The Bertz CT molecular complexity index is 541. The second-order valence-electron chi connectivity index (χ2n) is 4.03. The zero-order chi connectivity index (χ0) is 13.7. The third-order valence-corrected chi connectivity index (χ3v) is 2.81. The van der Waals surface area contributed by atoms with E-state index in [1.54, 1.807) is 12.1 Å². The molecule has 2 aromatic rings. The van der Waals surface area contributed by atoms with Crippen LogP contribution in [0.1, 0.15) is 18.1 Å². The summed E-state index contributed by atoms with van der Waals surface area (Å²) in [5.74, 6) is 6.51. The lowest BCUT2D eigenvalue weighted by atomic mass is 10.2. The molecule has 100 valence electrons. The molecule has 0 bridgehead atoms. The maximum absolute atomic E-state index is 12.8. The summed E-state index contributed by atoms with van der Waals surface area (Å²) in [6, 6.07) is 6.34. The highest BCUT2D eigenvalue weighted by Crippen LogP contribution is 2.20. The molecule has 0 aliphatic rings. The third kappa shape index (κ3) is 3.17. The molecule has 0 spiro atoms. The van der Waals surface area contributed by atoms with Crippen LogP contribution in [-0.2, 0) is 13.0 Å². The molecule has 0 aliphatic heterocycles. The second kappa shape index (κ2) is 6.10. The van der Waals surface area contributed by atoms with Crippen LogP contribution in [0.15, 0.2) is 30.6 Å². The number of hydrogen-bond acceptors (Lipinski definition) is 5. The molecule has 1 aromatic carbocycles. The van der Waals surface area contributed by atoms with Crippen LogP contribution in [0, 0.1) is 5.82 Å². The molecule has 0 atom stereocenters. The predicted octanol–water partition coefficient (Wildman–Crippen LogP) is 2.08. The van der Waals surface area contributed by atoms with Crippen LogP contribution in [-0.4, -0.2) is 9.97 Å². The van der Waals surface area contributed by atoms with Gasteiger partial charge in [0.2, 0.25) is 0 Å². The van der Waals surface area contributed by atoms with E-state index in [-0.39, 0.29) is 5.82 Å². The molecule has 19 heavy (non-hydrogen) atoms. The molecule has 0 radical (unpaired) electrons. The fourth-order valence-corrected chi connectivity index (χ4v) is 1.81. The van der Waals surface area contributed by atoms with E-state index >= 15 is 0 Å². The number of nitrogens with two attached hydrogens (primary N) is 1. The van der Waals surface area contributed by atoms with E-state index in [0.29, 0.717) is 12.4 Å². The Morgan fingerprint density at radius 1 is 1.16 bits per heavy atom. The van der Waals surface area contributed by atoms with Gasteiger partial charge in [-0.15, -0.1) is 0 Å². The summed E-state index contributed by atoms with van der Waals surface area (Å²) < 4.78 is 12.8. The average molecular weight is 261 g/mol. The first-order valence-corrected chi connectivity index (χ1v) is 6.03. The Hall–Kier alpha value is -2.21. The smallest absolute Gasteiger partial charge is 0.148 e. The summed E-state index contributed by atoms with van der Waals surface area (Å²) in [7, 11) is 0. The number of nitrogens with zero attached hydrogens (tertiary/aromatic N) is 2. The number of nitrogens with one attached hydrogen (secondary N) is 2. The Morgan fingerprint density at radius 3 is 2.47 bits per heavy atom. The summed E-state index contributed by atoms with van der Waals surface area (Å²) in [5, 5.41) is 3.21. The third-order valence-electron chi connectivity index (χ3n) is 2.81. The second-order valence-corrected chi connectivity index (χ2v) is 4.03. The van der Waals surface area contributed by atoms with E-state index in [1.165, 1.54) is 18.5 Å². The lowest BCUT2D eigenvalue weighted by Crippen LogP contribution is -2.14. The molecule has 0 saturated carbocycles. The van der Waals surface area contributed by atoms with Crippen molar-refractivity contribution in [1.82, 2.24) is 9.97 Å². The van der Waals surface area contributed by atoms with Crippen molar-refractivity contribution in [3.05, 3.63) is 47.5 Å². The van der Waals surface area contributed by atoms with Gasteiger partial charge in [-0.25, -0.2) is 20.2 Å². The van der Waals surface area contributed by atoms with Crippen LogP contribution in [0.25, 0.3) is 0 Å². The zero-order valence-corrected chi connectivity index (χ0v) is 10.7. The van der Waals surface area contributed by atoms with Gasteiger partial charge in [0, 0.05) is 12.1 Å². The quantitative estimate of drug-likeness (QED) is 0.567. The summed E-state index contributed by atoms with van der Waals surface area (Å²) in [5.41, 5.74) is 4.45. The molecule has 0 saturated heterocycles. The topological polar surface area (TPSA) is 75.9 Å². The van der Waals surface area contributed by atoms with Crippen LogP contribution in [0.5, 0.6) is 0 Å².